The van der Waals surface area contributed by atoms with Crippen LogP contribution in [0.25, 0.3) is 0 Å². The first kappa shape index (κ1) is 29.6. The van der Waals surface area contributed by atoms with E-state index in [9.17, 15) is 5.11 Å². The molecule has 0 aliphatic rings. The maximum absolute atomic E-state index is 10.8. The molecule has 2 aromatic rings. The lowest BCUT2D eigenvalue weighted by Gasteiger charge is -2.34. The summed E-state index contributed by atoms with van der Waals surface area (Å²) in [5, 5.41) is 11.4. The van der Waals surface area contributed by atoms with Gasteiger partial charge in [0.15, 0.2) is 5.16 Å². The summed E-state index contributed by atoms with van der Waals surface area (Å²) in [5.74, 6) is 1.84. The lowest BCUT2D eigenvalue weighted by atomic mass is 9.74. The number of hydrogen-bond donors (Lipinski definition) is 1. The van der Waals surface area contributed by atoms with Crippen molar-refractivity contribution in [2.75, 3.05) is 5.75 Å². The molecule has 0 aliphatic carbocycles. The summed E-state index contributed by atoms with van der Waals surface area (Å²) < 4.78 is 6.19. The van der Waals surface area contributed by atoms with Gasteiger partial charge in [-0.1, -0.05) is 106 Å². The van der Waals surface area contributed by atoms with Crippen molar-refractivity contribution >= 4 is 11.8 Å². The fourth-order valence-electron chi connectivity index (χ4n) is 4.25. The SMILES string of the molecule is CCCCC(O)C(CCSc1ncnc(Oc2ccc(C(C)(C)C)cc2C(C)(C)C)n1)C(C)(C)C. The number of nitrogens with zero attached hydrogens (tertiary/aromatic N) is 3. The standard InChI is InChI=1S/C29H47N3O2S/c1-11-12-13-23(33)21(28(5,6)7)16-17-35-26-31-19-30-25(32-26)34-24-15-14-20(27(2,3)4)18-22(24)29(8,9)10/h14-15,18-19,21,23,33H,11-13,16-17H2,1-10H3. The Kier molecular flexibility index (Phi) is 10.2. The molecule has 0 amide bonds. The molecule has 0 radical (unpaired) electrons. The number of hydrogen-bond acceptors (Lipinski definition) is 6. The van der Waals surface area contributed by atoms with Crippen LogP contribution in [0.3, 0.4) is 0 Å². The van der Waals surface area contributed by atoms with Crippen LogP contribution in [0.2, 0.25) is 0 Å². The molecule has 1 heterocycles. The highest BCUT2D eigenvalue weighted by molar-refractivity contribution is 7.99. The Bertz CT molecular complexity index is 942. The molecule has 0 spiro atoms. The molecule has 1 N–H and O–H groups in total. The Morgan fingerprint density at radius 3 is 2.20 bits per heavy atom. The van der Waals surface area contributed by atoms with E-state index >= 15 is 0 Å². The lowest BCUT2D eigenvalue weighted by molar-refractivity contribution is 0.0335. The van der Waals surface area contributed by atoms with E-state index in [0.29, 0.717) is 11.2 Å². The third kappa shape index (κ3) is 9.05. The average Bonchev–Trinajstić information content (AvgIpc) is 2.73. The van der Waals surface area contributed by atoms with Crippen LogP contribution in [0.5, 0.6) is 11.8 Å². The van der Waals surface area contributed by atoms with E-state index in [2.05, 4.69) is 96.3 Å². The van der Waals surface area contributed by atoms with Crippen molar-refractivity contribution in [3.63, 3.8) is 0 Å². The molecule has 0 saturated carbocycles. The summed E-state index contributed by atoms with van der Waals surface area (Å²) in [6.07, 6.45) is 5.16. The van der Waals surface area contributed by atoms with Crippen LogP contribution in [-0.4, -0.2) is 31.9 Å². The van der Waals surface area contributed by atoms with Gasteiger partial charge in [0.1, 0.15) is 12.1 Å². The molecule has 0 fully saturated rings. The largest absolute Gasteiger partial charge is 0.424 e. The molecule has 35 heavy (non-hydrogen) atoms. The van der Waals surface area contributed by atoms with E-state index in [1.807, 2.05) is 6.07 Å². The second-order valence-corrected chi connectivity index (χ2v) is 13.7. The second-order valence-electron chi connectivity index (χ2n) is 12.7. The van der Waals surface area contributed by atoms with Crippen molar-refractivity contribution in [1.82, 2.24) is 15.0 Å². The van der Waals surface area contributed by atoms with Gasteiger partial charge in [0.25, 0.3) is 0 Å². The molecular weight excluding hydrogens is 454 g/mol. The topological polar surface area (TPSA) is 68.1 Å². The minimum Gasteiger partial charge on any atom is -0.424 e. The van der Waals surface area contributed by atoms with Crippen molar-refractivity contribution in [1.29, 1.82) is 0 Å². The lowest BCUT2D eigenvalue weighted by Crippen LogP contribution is -2.32. The van der Waals surface area contributed by atoms with E-state index in [4.69, 9.17) is 4.74 Å². The van der Waals surface area contributed by atoms with E-state index in [1.54, 1.807) is 11.8 Å². The quantitative estimate of drug-likeness (QED) is 0.333. The zero-order valence-corrected chi connectivity index (χ0v) is 24.4. The number of ether oxygens (including phenoxy) is 1. The highest BCUT2D eigenvalue weighted by Crippen LogP contribution is 2.38. The second kappa shape index (κ2) is 12.1. The van der Waals surface area contributed by atoms with Gasteiger partial charge in [0, 0.05) is 11.3 Å². The first-order valence-corrected chi connectivity index (χ1v) is 13.9. The van der Waals surface area contributed by atoms with E-state index in [1.165, 1.54) is 11.9 Å². The van der Waals surface area contributed by atoms with Crippen molar-refractivity contribution in [2.24, 2.45) is 11.3 Å². The number of rotatable bonds is 10. The molecule has 2 unspecified atom stereocenters. The fraction of sp³-hybridized carbons (Fsp3) is 0.690. The third-order valence-corrected chi connectivity index (χ3v) is 7.37. The van der Waals surface area contributed by atoms with Gasteiger partial charge >= 0.3 is 6.01 Å². The smallest absolute Gasteiger partial charge is 0.325 e. The fourth-order valence-corrected chi connectivity index (χ4v) is 5.07. The number of aliphatic hydroxyl groups excluding tert-OH is 1. The average molecular weight is 502 g/mol. The first-order chi connectivity index (χ1) is 16.1. The number of thioether (sulfide) groups is 1. The highest BCUT2D eigenvalue weighted by atomic mass is 32.2. The Labute approximate surface area is 217 Å². The molecule has 0 aliphatic heterocycles. The van der Waals surface area contributed by atoms with Crippen LogP contribution in [-0.2, 0) is 10.8 Å². The molecular formula is C29H47N3O2S. The summed E-state index contributed by atoms with van der Waals surface area (Å²) >= 11 is 1.59. The van der Waals surface area contributed by atoms with Crippen molar-refractivity contribution < 1.29 is 9.84 Å². The summed E-state index contributed by atoms with van der Waals surface area (Å²) in [4.78, 5) is 13.2. The van der Waals surface area contributed by atoms with Gasteiger partial charge in [0.2, 0.25) is 0 Å². The Hall–Kier alpha value is -1.66. The minimum absolute atomic E-state index is 0.0453. The Balaban J connectivity index is 2.14. The van der Waals surface area contributed by atoms with Gasteiger partial charge < -0.3 is 9.84 Å². The molecule has 196 valence electrons. The predicted octanol–water partition coefficient (Wildman–Crippen LogP) is 7.95. The van der Waals surface area contributed by atoms with Crippen LogP contribution in [0.15, 0.2) is 29.7 Å². The van der Waals surface area contributed by atoms with Crippen LogP contribution in [0.1, 0.15) is 106 Å². The Morgan fingerprint density at radius 2 is 1.63 bits per heavy atom. The van der Waals surface area contributed by atoms with Crippen molar-refractivity contribution in [3.05, 3.63) is 35.7 Å². The van der Waals surface area contributed by atoms with Crippen molar-refractivity contribution in [3.8, 4) is 11.8 Å². The van der Waals surface area contributed by atoms with Gasteiger partial charge in [-0.15, -0.1) is 0 Å². The maximum Gasteiger partial charge on any atom is 0.325 e. The van der Waals surface area contributed by atoms with Crippen molar-refractivity contribution in [2.45, 2.75) is 117 Å². The number of aliphatic hydroxyl groups is 1. The maximum atomic E-state index is 10.8. The van der Waals surface area contributed by atoms with Gasteiger partial charge in [-0.25, -0.2) is 4.98 Å². The van der Waals surface area contributed by atoms with Crippen LogP contribution in [0.4, 0.5) is 0 Å². The molecule has 2 atom stereocenters. The zero-order chi connectivity index (χ0) is 26.4. The zero-order valence-electron chi connectivity index (χ0n) is 23.6. The minimum atomic E-state index is -0.278. The molecule has 2 rings (SSSR count). The molecule has 6 heteroatoms. The van der Waals surface area contributed by atoms with Gasteiger partial charge in [-0.05, 0) is 46.6 Å². The number of aromatic nitrogens is 3. The number of unbranched alkanes of at least 4 members (excludes halogenated alkanes) is 1. The molecule has 1 aromatic heterocycles. The summed E-state index contributed by atoms with van der Waals surface area (Å²) in [5.41, 5.74) is 2.43. The van der Waals surface area contributed by atoms with E-state index in [-0.39, 0.29) is 28.3 Å². The molecule has 0 saturated heterocycles. The summed E-state index contributed by atoms with van der Waals surface area (Å²) in [6, 6.07) is 6.70. The monoisotopic (exact) mass is 501 g/mol. The third-order valence-electron chi connectivity index (χ3n) is 6.47. The van der Waals surface area contributed by atoms with E-state index in [0.717, 1.165) is 42.7 Å². The highest BCUT2D eigenvalue weighted by Gasteiger charge is 2.30. The van der Waals surface area contributed by atoms with Gasteiger partial charge in [-0.3, -0.25) is 0 Å². The predicted molar refractivity (Wildman–Crippen MR) is 148 cm³/mol. The number of benzene rings is 1. The molecule has 5 nitrogen and oxygen atoms in total. The van der Waals surface area contributed by atoms with Crippen LogP contribution in [0, 0.1) is 11.3 Å². The van der Waals surface area contributed by atoms with Crippen LogP contribution < -0.4 is 4.74 Å². The summed E-state index contributed by atoms with van der Waals surface area (Å²) in [6.45, 7) is 22.0. The molecule has 0 bridgehead atoms. The molecule has 1 aromatic carbocycles. The van der Waals surface area contributed by atoms with E-state index < -0.39 is 0 Å². The van der Waals surface area contributed by atoms with Gasteiger partial charge in [-0.2, -0.15) is 9.97 Å². The summed E-state index contributed by atoms with van der Waals surface area (Å²) in [7, 11) is 0. The first-order valence-electron chi connectivity index (χ1n) is 13.0. The normalized spacial score (nSPS) is 14.6. The Morgan fingerprint density at radius 1 is 0.943 bits per heavy atom. The van der Waals surface area contributed by atoms with Crippen LogP contribution >= 0.6 is 11.8 Å². The van der Waals surface area contributed by atoms with Gasteiger partial charge in [0.05, 0.1) is 6.10 Å².